The number of nitrogens with one attached hydrogen (secondary N) is 1. The highest BCUT2D eigenvalue weighted by atomic mass is 32.1. The van der Waals surface area contributed by atoms with Crippen molar-refractivity contribution in [2.75, 3.05) is 6.54 Å². The highest BCUT2D eigenvalue weighted by molar-refractivity contribution is 7.80. The number of hydrogen-bond donors (Lipinski definition) is 2. The first-order valence-electron chi connectivity index (χ1n) is 10.5. The SMILES string of the molecule is CCCCN1C(=S)N[C@H](c2ccccn2)[C@@H]1c1cc(C)n(-c2ccccc2O)c1C. The van der Waals surface area contributed by atoms with Gasteiger partial charge in [-0.3, -0.25) is 4.98 Å². The number of para-hydroxylation sites is 2. The second-order valence-corrected chi connectivity index (χ2v) is 8.21. The zero-order chi connectivity index (χ0) is 21.3. The zero-order valence-corrected chi connectivity index (χ0v) is 18.5. The summed E-state index contributed by atoms with van der Waals surface area (Å²) in [6.45, 7) is 7.29. The molecule has 1 fully saturated rings. The summed E-state index contributed by atoms with van der Waals surface area (Å²) in [6, 6.07) is 15.7. The van der Waals surface area contributed by atoms with Crippen LogP contribution in [-0.2, 0) is 0 Å². The fourth-order valence-electron chi connectivity index (χ4n) is 4.42. The van der Waals surface area contributed by atoms with Crippen molar-refractivity contribution in [3.05, 3.63) is 77.4 Å². The molecular formula is C24H28N4OS. The number of rotatable bonds is 6. The molecule has 1 aromatic carbocycles. The molecule has 5 nitrogen and oxygen atoms in total. The predicted octanol–water partition coefficient (Wildman–Crippen LogP) is 4.97. The minimum absolute atomic E-state index is 0.0196. The van der Waals surface area contributed by atoms with Crippen molar-refractivity contribution in [3.63, 3.8) is 0 Å². The van der Waals surface area contributed by atoms with Crippen LogP contribution >= 0.6 is 12.2 Å². The third-order valence-electron chi connectivity index (χ3n) is 5.86. The Labute approximate surface area is 183 Å². The molecule has 1 saturated heterocycles. The lowest BCUT2D eigenvalue weighted by atomic mass is 9.96. The number of phenols is 1. The topological polar surface area (TPSA) is 53.3 Å². The van der Waals surface area contributed by atoms with Gasteiger partial charge in [0.1, 0.15) is 5.75 Å². The van der Waals surface area contributed by atoms with Crippen molar-refractivity contribution in [2.24, 2.45) is 0 Å². The molecule has 0 amide bonds. The van der Waals surface area contributed by atoms with Gasteiger partial charge in [-0.25, -0.2) is 0 Å². The van der Waals surface area contributed by atoms with E-state index < -0.39 is 0 Å². The van der Waals surface area contributed by atoms with Crippen molar-refractivity contribution in [1.82, 2.24) is 19.8 Å². The van der Waals surface area contributed by atoms with Crippen molar-refractivity contribution in [1.29, 1.82) is 0 Å². The van der Waals surface area contributed by atoms with E-state index in [1.54, 1.807) is 6.07 Å². The third-order valence-corrected chi connectivity index (χ3v) is 6.21. The lowest BCUT2D eigenvalue weighted by molar-refractivity contribution is 0.312. The molecule has 2 aromatic heterocycles. The summed E-state index contributed by atoms with van der Waals surface area (Å²) in [4.78, 5) is 6.92. The van der Waals surface area contributed by atoms with Crippen LogP contribution in [0.2, 0.25) is 0 Å². The number of unbranched alkanes of at least 4 members (excludes halogenated alkanes) is 1. The number of aryl methyl sites for hydroxylation is 1. The summed E-state index contributed by atoms with van der Waals surface area (Å²) in [6.07, 6.45) is 4.01. The van der Waals surface area contributed by atoms with Crippen LogP contribution in [0.1, 0.15) is 54.5 Å². The first-order chi connectivity index (χ1) is 14.5. The maximum atomic E-state index is 10.5. The van der Waals surface area contributed by atoms with Crippen LogP contribution in [0.4, 0.5) is 0 Å². The average molecular weight is 421 g/mol. The number of aromatic nitrogens is 2. The summed E-state index contributed by atoms with van der Waals surface area (Å²) in [5, 5.41) is 14.7. The standard InChI is InChI=1S/C24H28N4OS/c1-4-5-14-27-23(22(26-24(27)30)19-10-8-9-13-25-19)18-15-16(2)28(17(18)3)20-11-6-7-12-21(20)29/h6-13,15,22-23,29H,4-5,14H2,1-3H3,(H,26,30)/t22-,23+/m1/s1. The van der Waals surface area contributed by atoms with Gasteiger partial charge in [-0.2, -0.15) is 0 Å². The molecule has 0 saturated carbocycles. The maximum Gasteiger partial charge on any atom is 0.170 e. The molecule has 0 unspecified atom stereocenters. The molecule has 0 aliphatic carbocycles. The van der Waals surface area contributed by atoms with Crippen LogP contribution in [0.3, 0.4) is 0 Å². The van der Waals surface area contributed by atoms with Gasteiger partial charge in [0.2, 0.25) is 0 Å². The van der Waals surface area contributed by atoms with Gasteiger partial charge in [0, 0.05) is 24.1 Å². The molecule has 156 valence electrons. The van der Waals surface area contributed by atoms with Crippen molar-refractivity contribution in [2.45, 2.75) is 45.7 Å². The lowest BCUT2D eigenvalue weighted by Crippen LogP contribution is -2.30. The van der Waals surface area contributed by atoms with Gasteiger partial charge in [-0.05, 0) is 68.4 Å². The highest BCUT2D eigenvalue weighted by Gasteiger charge is 2.41. The number of nitrogens with zero attached hydrogens (tertiary/aromatic N) is 3. The molecule has 1 aliphatic rings. The van der Waals surface area contributed by atoms with Crippen LogP contribution in [0.25, 0.3) is 5.69 Å². The summed E-state index contributed by atoms with van der Waals surface area (Å²) in [5.74, 6) is 0.273. The first-order valence-corrected chi connectivity index (χ1v) is 10.9. The quantitative estimate of drug-likeness (QED) is 0.552. The molecular weight excluding hydrogens is 392 g/mol. The van der Waals surface area contributed by atoms with E-state index >= 15 is 0 Å². The minimum Gasteiger partial charge on any atom is -0.506 e. The number of thiocarbonyl (C=S) groups is 1. The molecule has 2 atom stereocenters. The van der Waals surface area contributed by atoms with E-state index in [-0.39, 0.29) is 17.8 Å². The van der Waals surface area contributed by atoms with E-state index in [2.05, 4.69) is 52.7 Å². The molecule has 0 bridgehead atoms. The van der Waals surface area contributed by atoms with Gasteiger partial charge in [0.25, 0.3) is 0 Å². The number of benzene rings is 1. The normalized spacial score (nSPS) is 18.6. The average Bonchev–Trinajstić information content (AvgIpc) is 3.23. The van der Waals surface area contributed by atoms with E-state index in [1.165, 1.54) is 5.56 Å². The smallest absolute Gasteiger partial charge is 0.170 e. The van der Waals surface area contributed by atoms with Gasteiger partial charge in [0.15, 0.2) is 5.11 Å². The van der Waals surface area contributed by atoms with Crippen LogP contribution in [0.5, 0.6) is 5.75 Å². The van der Waals surface area contributed by atoms with Gasteiger partial charge in [-0.1, -0.05) is 31.5 Å². The number of phenolic OH excluding ortho intramolecular Hbond substituents is 1. The molecule has 30 heavy (non-hydrogen) atoms. The molecule has 1 aliphatic heterocycles. The largest absolute Gasteiger partial charge is 0.506 e. The number of hydrogen-bond acceptors (Lipinski definition) is 3. The molecule has 6 heteroatoms. The summed E-state index contributed by atoms with van der Waals surface area (Å²) < 4.78 is 2.12. The number of pyridine rings is 1. The van der Waals surface area contributed by atoms with Crippen molar-refractivity contribution in [3.8, 4) is 11.4 Å². The molecule has 0 radical (unpaired) electrons. The van der Waals surface area contributed by atoms with Crippen LogP contribution < -0.4 is 5.32 Å². The van der Waals surface area contributed by atoms with Gasteiger partial charge >= 0.3 is 0 Å². The molecule has 4 rings (SSSR count). The molecule has 3 aromatic rings. The van der Waals surface area contributed by atoms with E-state index in [9.17, 15) is 5.11 Å². The fourth-order valence-corrected chi connectivity index (χ4v) is 4.76. The Hall–Kier alpha value is -2.86. The molecule has 3 heterocycles. The minimum atomic E-state index is -0.0196. The Morgan fingerprint density at radius 2 is 1.90 bits per heavy atom. The second kappa shape index (κ2) is 8.48. The predicted molar refractivity (Wildman–Crippen MR) is 124 cm³/mol. The fraction of sp³-hybridized carbons (Fsp3) is 0.333. The van der Waals surface area contributed by atoms with Crippen LogP contribution in [0, 0.1) is 13.8 Å². The Morgan fingerprint density at radius 1 is 1.13 bits per heavy atom. The van der Waals surface area contributed by atoms with E-state index in [1.807, 2.05) is 36.5 Å². The monoisotopic (exact) mass is 420 g/mol. The first kappa shape index (κ1) is 20.4. The Balaban J connectivity index is 1.83. The summed E-state index contributed by atoms with van der Waals surface area (Å²) >= 11 is 5.75. The van der Waals surface area contributed by atoms with E-state index in [0.717, 1.165) is 47.3 Å². The van der Waals surface area contributed by atoms with E-state index in [0.29, 0.717) is 0 Å². The van der Waals surface area contributed by atoms with Crippen LogP contribution in [0.15, 0.2) is 54.7 Å². The van der Waals surface area contributed by atoms with Crippen LogP contribution in [-0.4, -0.2) is 31.2 Å². The summed E-state index contributed by atoms with van der Waals surface area (Å²) in [7, 11) is 0. The molecule has 2 N–H and O–H groups in total. The lowest BCUT2D eigenvalue weighted by Gasteiger charge is -2.28. The third kappa shape index (κ3) is 3.56. The van der Waals surface area contributed by atoms with Gasteiger partial charge in [-0.15, -0.1) is 0 Å². The zero-order valence-electron chi connectivity index (χ0n) is 17.7. The second-order valence-electron chi connectivity index (χ2n) is 7.82. The van der Waals surface area contributed by atoms with E-state index in [4.69, 9.17) is 12.2 Å². The van der Waals surface area contributed by atoms with Gasteiger partial charge < -0.3 is 19.9 Å². The molecule has 0 spiro atoms. The van der Waals surface area contributed by atoms with Gasteiger partial charge in [0.05, 0.1) is 23.5 Å². The Bertz CT molecular complexity index is 1050. The summed E-state index contributed by atoms with van der Waals surface area (Å²) in [5.41, 5.74) is 5.16. The number of aromatic hydroxyl groups is 1. The maximum absolute atomic E-state index is 10.5. The Kier molecular flexibility index (Phi) is 5.77. The van der Waals surface area contributed by atoms with Crippen molar-refractivity contribution < 1.29 is 5.11 Å². The highest BCUT2D eigenvalue weighted by Crippen LogP contribution is 2.42. The van der Waals surface area contributed by atoms with Crippen molar-refractivity contribution >= 4 is 17.3 Å². The Morgan fingerprint density at radius 3 is 2.60 bits per heavy atom.